The van der Waals surface area contributed by atoms with E-state index in [1.54, 1.807) is 0 Å². The van der Waals surface area contributed by atoms with Crippen molar-refractivity contribution >= 4 is 17.5 Å². The average molecular weight is 272 g/mol. The van der Waals surface area contributed by atoms with Crippen molar-refractivity contribution in [2.45, 2.75) is 19.3 Å². The van der Waals surface area contributed by atoms with Gasteiger partial charge < -0.3 is 5.32 Å². The van der Waals surface area contributed by atoms with E-state index in [0.29, 0.717) is 19.4 Å². The second-order valence-electron chi connectivity index (χ2n) is 3.66. The molecule has 0 aromatic heterocycles. The van der Waals surface area contributed by atoms with Crippen molar-refractivity contribution in [1.82, 2.24) is 5.32 Å². The summed E-state index contributed by atoms with van der Waals surface area (Å²) in [5, 5.41) is 2.14. The molecule has 0 atom stereocenters. The molecule has 0 heterocycles. The number of nitrogens with one attached hydrogen (secondary N) is 1. The van der Waals surface area contributed by atoms with Gasteiger partial charge in [-0.1, -0.05) is 11.6 Å². The molecule has 0 fully saturated rings. The minimum atomic E-state index is -0.845. The first-order chi connectivity index (χ1) is 8.56. The topological polar surface area (TPSA) is 29.1 Å². The van der Waals surface area contributed by atoms with Gasteiger partial charge in [0.15, 0.2) is 0 Å². The van der Waals surface area contributed by atoms with Crippen LogP contribution in [0.3, 0.4) is 0 Å². The maximum atomic E-state index is 13.4. The van der Waals surface area contributed by atoms with Crippen LogP contribution in [0.25, 0.3) is 0 Å². The van der Waals surface area contributed by atoms with Gasteiger partial charge in [-0.3, -0.25) is 4.79 Å². The van der Waals surface area contributed by atoms with Crippen LogP contribution in [0.4, 0.5) is 8.78 Å². The maximum Gasteiger partial charge on any atom is 0.254 e. The molecule has 1 aromatic rings. The number of unbranched alkanes of at least 4 members (excludes halogenated alkanes) is 2. The van der Waals surface area contributed by atoms with Crippen LogP contribution < -0.4 is 5.32 Å². The van der Waals surface area contributed by atoms with Crippen LogP contribution in [0, 0.1) is 24.0 Å². The van der Waals surface area contributed by atoms with Crippen LogP contribution >= 0.6 is 11.6 Å². The predicted octanol–water partition coefficient (Wildman–Crippen LogP) is 3.15. The van der Waals surface area contributed by atoms with Crippen molar-refractivity contribution in [3.05, 3.63) is 34.4 Å². The number of hydrogen-bond donors (Lipinski definition) is 1. The predicted molar refractivity (Wildman–Crippen MR) is 66.4 cm³/mol. The number of rotatable bonds is 5. The van der Waals surface area contributed by atoms with Crippen LogP contribution in [0.1, 0.15) is 29.6 Å². The van der Waals surface area contributed by atoms with Crippen LogP contribution in [-0.2, 0) is 0 Å². The fourth-order valence-electron chi connectivity index (χ4n) is 1.35. The molecule has 0 aliphatic heterocycles. The number of carbonyl (C=O) groups excluding carboxylic acids is 1. The van der Waals surface area contributed by atoms with Gasteiger partial charge in [0.05, 0.1) is 10.6 Å². The van der Waals surface area contributed by atoms with Gasteiger partial charge in [-0.05, 0) is 25.0 Å². The summed E-state index contributed by atoms with van der Waals surface area (Å²) < 4.78 is 26.5. The van der Waals surface area contributed by atoms with E-state index in [1.165, 1.54) is 0 Å². The molecule has 0 radical (unpaired) electrons. The lowest BCUT2D eigenvalue weighted by Gasteiger charge is -2.06. The molecule has 0 aliphatic carbocycles. The quantitative estimate of drug-likeness (QED) is 0.497. The number of halogens is 3. The van der Waals surface area contributed by atoms with E-state index >= 15 is 0 Å². The van der Waals surface area contributed by atoms with Gasteiger partial charge in [-0.2, -0.15) is 0 Å². The maximum absolute atomic E-state index is 13.4. The molecule has 1 amide bonds. The minimum absolute atomic E-state index is 0.349. The average Bonchev–Trinajstić information content (AvgIpc) is 2.33. The molecule has 1 rings (SSSR count). The van der Waals surface area contributed by atoms with Gasteiger partial charge in [0, 0.05) is 13.0 Å². The van der Waals surface area contributed by atoms with Crippen molar-refractivity contribution in [1.29, 1.82) is 0 Å². The van der Waals surface area contributed by atoms with Gasteiger partial charge in [0.1, 0.15) is 11.6 Å². The summed E-state index contributed by atoms with van der Waals surface area (Å²) >= 11 is 5.39. The zero-order valence-corrected chi connectivity index (χ0v) is 10.4. The van der Waals surface area contributed by atoms with E-state index in [1.807, 2.05) is 0 Å². The van der Waals surface area contributed by atoms with Crippen molar-refractivity contribution in [3.63, 3.8) is 0 Å². The minimum Gasteiger partial charge on any atom is -0.352 e. The van der Waals surface area contributed by atoms with Crippen molar-refractivity contribution < 1.29 is 13.6 Å². The highest BCUT2D eigenvalue weighted by Gasteiger charge is 2.14. The second-order valence-corrected chi connectivity index (χ2v) is 4.07. The summed E-state index contributed by atoms with van der Waals surface area (Å²) in [4.78, 5) is 11.6. The first-order valence-electron chi connectivity index (χ1n) is 5.42. The molecule has 0 unspecified atom stereocenters. The van der Waals surface area contributed by atoms with E-state index in [9.17, 15) is 13.6 Å². The first kappa shape index (κ1) is 14.5. The summed E-state index contributed by atoms with van der Waals surface area (Å²) in [6.45, 7) is 0.365. The molecule has 1 N–H and O–H groups in total. The lowest BCUT2D eigenvalue weighted by atomic mass is 10.2. The highest BCUT2D eigenvalue weighted by Crippen LogP contribution is 2.19. The highest BCUT2D eigenvalue weighted by molar-refractivity contribution is 6.30. The zero-order valence-electron chi connectivity index (χ0n) is 9.60. The summed E-state index contributed by atoms with van der Waals surface area (Å²) in [7, 11) is 0. The molecule has 1 aromatic carbocycles. The van der Waals surface area contributed by atoms with Gasteiger partial charge >= 0.3 is 0 Å². The molecule has 96 valence electrons. The fraction of sp³-hybridized carbons (Fsp3) is 0.308. The standard InChI is InChI=1S/C13H12ClF2NO/c1-2-3-4-5-6-17-13(18)9-7-12(16)10(14)8-11(9)15/h1,7-8H,3-6H2,(H,17,18). The molecule has 0 saturated carbocycles. The molecule has 2 nitrogen and oxygen atoms in total. The fourth-order valence-corrected chi connectivity index (χ4v) is 1.50. The van der Waals surface area contributed by atoms with Crippen molar-refractivity contribution in [2.75, 3.05) is 6.54 Å². The zero-order chi connectivity index (χ0) is 13.5. The molecular weight excluding hydrogens is 260 g/mol. The van der Waals surface area contributed by atoms with Crippen LogP contribution in [-0.4, -0.2) is 12.5 Å². The summed E-state index contributed by atoms with van der Waals surface area (Å²) in [6.07, 6.45) is 7.16. The molecule has 0 bridgehead atoms. The Morgan fingerprint density at radius 2 is 2.06 bits per heavy atom. The monoisotopic (exact) mass is 271 g/mol. The van der Waals surface area contributed by atoms with Gasteiger partial charge in [-0.15, -0.1) is 12.3 Å². The Morgan fingerprint density at radius 3 is 2.72 bits per heavy atom. The smallest absolute Gasteiger partial charge is 0.254 e. The number of hydrogen-bond acceptors (Lipinski definition) is 1. The molecule has 5 heteroatoms. The summed E-state index contributed by atoms with van der Waals surface area (Å²) in [5.41, 5.74) is -0.353. The van der Waals surface area contributed by atoms with E-state index in [4.69, 9.17) is 18.0 Å². The Morgan fingerprint density at radius 1 is 1.33 bits per heavy atom. The van der Waals surface area contributed by atoms with Crippen LogP contribution in [0.15, 0.2) is 12.1 Å². The van der Waals surface area contributed by atoms with Crippen LogP contribution in [0.5, 0.6) is 0 Å². The summed E-state index contributed by atoms with van der Waals surface area (Å²) in [6, 6.07) is 1.57. The Labute approximate surface area is 109 Å². The molecular formula is C13H12ClF2NO. The van der Waals surface area contributed by atoms with E-state index in [0.717, 1.165) is 18.6 Å². The lowest BCUT2D eigenvalue weighted by Crippen LogP contribution is -2.25. The SMILES string of the molecule is C#CCCCCNC(=O)c1cc(F)c(Cl)cc1F. The van der Waals surface area contributed by atoms with Crippen molar-refractivity contribution in [2.24, 2.45) is 0 Å². The number of benzene rings is 1. The normalized spacial score (nSPS) is 9.89. The second kappa shape index (κ2) is 6.97. The third kappa shape index (κ3) is 4.01. The third-order valence-corrected chi connectivity index (χ3v) is 2.58. The number of terminal acetylenes is 1. The van der Waals surface area contributed by atoms with Gasteiger partial charge in [0.2, 0.25) is 0 Å². The molecule has 18 heavy (non-hydrogen) atoms. The van der Waals surface area contributed by atoms with Crippen molar-refractivity contribution in [3.8, 4) is 12.3 Å². The molecule has 0 aliphatic rings. The molecule has 0 saturated heterocycles. The number of carbonyl (C=O) groups is 1. The lowest BCUT2D eigenvalue weighted by molar-refractivity contribution is 0.0948. The Hall–Kier alpha value is -1.60. The Bertz CT molecular complexity index is 483. The summed E-state index contributed by atoms with van der Waals surface area (Å²) in [5.74, 6) is 0.142. The third-order valence-electron chi connectivity index (χ3n) is 2.29. The van der Waals surface area contributed by atoms with E-state index in [-0.39, 0.29) is 10.6 Å². The Kier molecular flexibility index (Phi) is 5.60. The first-order valence-corrected chi connectivity index (χ1v) is 5.80. The van der Waals surface area contributed by atoms with Gasteiger partial charge in [0.25, 0.3) is 5.91 Å². The molecule has 0 spiro atoms. The van der Waals surface area contributed by atoms with Crippen LogP contribution in [0.2, 0.25) is 5.02 Å². The van der Waals surface area contributed by atoms with Gasteiger partial charge in [-0.25, -0.2) is 8.78 Å². The Balaban J connectivity index is 2.57. The van der Waals surface area contributed by atoms with E-state index < -0.39 is 17.5 Å². The van der Waals surface area contributed by atoms with E-state index in [2.05, 4.69) is 11.2 Å². The highest BCUT2D eigenvalue weighted by atomic mass is 35.5. The largest absolute Gasteiger partial charge is 0.352 e. The number of amides is 1.